The first kappa shape index (κ1) is 26.5. The summed E-state index contributed by atoms with van der Waals surface area (Å²) < 4.78 is 23.9. The van der Waals surface area contributed by atoms with Crippen molar-refractivity contribution >= 4 is 30.4 Å². The predicted octanol–water partition coefficient (Wildman–Crippen LogP) is -0.406. The predicted molar refractivity (Wildman–Crippen MR) is 112 cm³/mol. The second-order valence-electron chi connectivity index (χ2n) is 7.06. The maximum atomic E-state index is 13.9. The second kappa shape index (κ2) is 13.7. The molecule has 0 saturated heterocycles. The lowest BCUT2D eigenvalue weighted by molar-refractivity contribution is -0.150. The van der Waals surface area contributed by atoms with Gasteiger partial charge < -0.3 is 30.2 Å². The summed E-state index contributed by atoms with van der Waals surface area (Å²) in [4.78, 5) is 36.3. The average molecular weight is 440 g/mol. The summed E-state index contributed by atoms with van der Waals surface area (Å²) in [5.41, 5.74) is -0.315. The van der Waals surface area contributed by atoms with E-state index in [0.717, 1.165) is 12.1 Å². The number of halogens is 1. The maximum Gasteiger partial charge on any atom is 0.488 e. The molecule has 1 rings (SSSR count). The molecule has 0 heterocycles. The zero-order chi connectivity index (χ0) is 23.4. The number of ether oxygens (including phenoxy) is 2. The van der Waals surface area contributed by atoms with Crippen molar-refractivity contribution in [2.45, 2.75) is 26.7 Å². The molecule has 1 aromatic carbocycles. The van der Waals surface area contributed by atoms with E-state index in [1.54, 1.807) is 6.92 Å². The first-order chi connectivity index (χ1) is 14.7. The fraction of sp³-hybridized carbons (Fsp3) is 0.550. The minimum atomic E-state index is -1.83. The molecule has 0 aromatic heterocycles. The highest BCUT2D eigenvalue weighted by molar-refractivity contribution is 6.58. The van der Waals surface area contributed by atoms with Crippen molar-refractivity contribution in [1.29, 1.82) is 0 Å². The summed E-state index contributed by atoms with van der Waals surface area (Å²) in [6, 6.07) is 3.25. The van der Waals surface area contributed by atoms with Gasteiger partial charge in [-0.25, -0.2) is 4.39 Å². The van der Waals surface area contributed by atoms with Gasteiger partial charge in [-0.1, -0.05) is 19.9 Å². The van der Waals surface area contributed by atoms with Gasteiger partial charge in [0.1, 0.15) is 12.4 Å². The number of rotatable bonds is 13. The van der Waals surface area contributed by atoms with Crippen LogP contribution in [0, 0.1) is 17.7 Å². The third kappa shape index (κ3) is 9.03. The molecule has 31 heavy (non-hydrogen) atoms. The Morgan fingerprint density at radius 3 is 2.42 bits per heavy atom. The highest BCUT2D eigenvalue weighted by Crippen LogP contribution is 2.17. The summed E-state index contributed by atoms with van der Waals surface area (Å²) in [7, 11) is -0.322. The molecule has 0 radical (unpaired) electrons. The number of amides is 2. The van der Waals surface area contributed by atoms with Gasteiger partial charge in [-0.15, -0.1) is 0 Å². The van der Waals surface area contributed by atoms with E-state index in [4.69, 9.17) is 19.5 Å². The summed E-state index contributed by atoms with van der Waals surface area (Å²) >= 11 is 0. The number of hydrogen-bond donors (Lipinski definition) is 4. The van der Waals surface area contributed by atoms with E-state index >= 15 is 0 Å². The topological polar surface area (TPSA) is 134 Å². The van der Waals surface area contributed by atoms with Gasteiger partial charge in [0.25, 0.3) is 5.91 Å². The van der Waals surface area contributed by atoms with Crippen molar-refractivity contribution in [2.24, 2.45) is 11.8 Å². The van der Waals surface area contributed by atoms with E-state index < -0.39 is 30.7 Å². The standard InChI is InChI=1S/C20H30BFN2O7/c1-4-14(20(27)31-10-9-30-3)11-13(2)18(25)23-7-8-24-19(26)16-6-5-15(21(28)29)12-17(16)22/h5-6,12-14,28-29H,4,7-11H2,1-3H3,(H,23,25)(H,24,26). The van der Waals surface area contributed by atoms with Gasteiger partial charge in [0.15, 0.2) is 0 Å². The molecule has 0 aliphatic rings. The molecule has 2 unspecified atom stereocenters. The molecular formula is C20H30BFN2O7. The molecule has 4 N–H and O–H groups in total. The van der Waals surface area contributed by atoms with Crippen molar-refractivity contribution in [2.75, 3.05) is 33.4 Å². The Hall–Kier alpha value is -2.50. The molecule has 0 aliphatic heterocycles. The van der Waals surface area contributed by atoms with Gasteiger partial charge in [-0.05, 0) is 30.4 Å². The lowest BCUT2D eigenvalue weighted by Gasteiger charge is -2.18. The molecule has 2 amide bonds. The van der Waals surface area contributed by atoms with Crippen LogP contribution in [0.15, 0.2) is 18.2 Å². The minimum absolute atomic E-state index is 0.0664. The van der Waals surface area contributed by atoms with Gasteiger partial charge in [0.2, 0.25) is 5.91 Å². The van der Waals surface area contributed by atoms with Gasteiger partial charge in [-0.3, -0.25) is 14.4 Å². The highest BCUT2D eigenvalue weighted by Gasteiger charge is 2.24. The number of esters is 1. The van der Waals surface area contributed by atoms with E-state index in [1.807, 2.05) is 6.92 Å². The molecule has 11 heteroatoms. The minimum Gasteiger partial charge on any atom is -0.463 e. The number of carbonyl (C=O) groups is 3. The zero-order valence-corrected chi connectivity index (χ0v) is 18.0. The van der Waals surface area contributed by atoms with Crippen LogP contribution in [0.25, 0.3) is 0 Å². The fourth-order valence-corrected chi connectivity index (χ4v) is 2.81. The quantitative estimate of drug-likeness (QED) is 0.186. The Labute approximate surface area is 181 Å². The molecule has 0 saturated carbocycles. The largest absolute Gasteiger partial charge is 0.488 e. The van der Waals surface area contributed by atoms with E-state index in [9.17, 15) is 18.8 Å². The summed E-state index contributed by atoms with van der Waals surface area (Å²) in [6.07, 6.45) is 0.867. The first-order valence-electron chi connectivity index (χ1n) is 10.1. The van der Waals surface area contributed by atoms with Gasteiger partial charge in [0, 0.05) is 26.1 Å². The van der Waals surface area contributed by atoms with Crippen molar-refractivity contribution in [3.05, 3.63) is 29.6 Å². The average Bonchev–Trinajstić information content (AvgIpc) is 2.74. The number of nitrogens with one attached hydrogen (secondary N) is 2. The van der Waals surface area contributed by atoms with Crippen molar-refractivity contribution in [3.63, 3.8) is 0 Å². The molecule has 1 aromatic rings. The molecule has 0 fully saturated rings. The normalized spacial score (nSPS) is 12.6. The van der Waals surface area contributed by atoms with Crippen LogP contribution in [0.3, 0.4) is 0 Å². The van der Waals surface area contributed by atoms with Gasteiger partial charge in [-0.2, -0.15) is 0 Å². The van der Waals surface area contributed by atoms with Crippen LogP contribution in [0.2, 0.25) is 0 Å². The monoisotopic (exact) mass is 440 g/mol. The van der Waals surface area contributed by atoms with Crippen molar-refractivity contribution in [3.8, 4) is 0 Å². The van der Waals surface area contributed by atoms with E-state index in [0.29, 0.717) is 19.4 Å². The second-order valence-corrected chi connectivity index (χ2v) is 7.06. The lowest BCUT2D eigenvalue weighted by Crippen LogP contribution is -2.38. The molecule has 9 nitrogen and oxygen atoms in total. The smallest absolute Gasteiger partial charge is 0.463 e. The van der Waals surface area contributed by atoms with Gasteiger partial charge >= 0.3 is 13.1 Å². The maximum absolute atomic E-state index is 13.9. The third-order valence-electron chi connectivity index (χ3n) is 4.69. The number of carbonyl (C=O) groups excluding carboxylic acids is 3. The SMILES string of the molecule is CCC(CC(C)C(=O)NCCNC(=O)c1ccc(B(O)O)cc1F)C(=O)OCCOC. The van der Waals surface area contributed by atoms with Crippen LogP contribution in [0.1, 0.15) is 37.0 Å². The number of methoxy groups -OCH3 is 1. The van der Waals surface area contributed by atoms with Crippen LogP contribution < -0.4 is 16.1 Å². The summed E-state index contributed by atoms with van der Waals surface area (Å²) in [5, 5.41) is 23.2. The summed E-state index contributed by atoms with van der Waals surface area (Å²) in [5.74, 6) is -3.06. The van der Waals surface area contributed by atoms with E-state index in [1.165, 1.54) is 13.2 Å². The number of hydrogen-bond acceptors (Lipinski definition) is 7. The Balaban J connectivity index is 2.41. The Kier molecular flexibility index (Phi) is 11.8. The zero-order valence-electron chi connectivity index (χ0n) is 18.0. The van der Waals surface area contributed by atoms with Crippen LogP contribution in [-0.4, -0.2) is 68.4 Å². The van der Waals surface area contributed by atoms with Crippen LogP contribution in [0.5, 0.6) is 0 Å². The van der Waals surface area contributed by atoms with Crippen LogP contribution >= 0.6 is 0 Å². The third-order valence-corrected chi connectivity index (χ3v) is 4.69. The van der Waals surface area contributed by atoms with Gasteiger partial charge in [0.05, 0.1) is 18.1 Å². The lowest BCUT2D eigenvalue weighted by atomic mass is 9.80. The summed E-state index contributed by atoms with van der Waals surface area (Å²) in [6.45, 7) is 4.20. The van der Waals surface area contributed by atoms with Crippen molar-refractivity contribution in [1.82, 2.24) is 10.6 Å². The van der Waals surface area contributed by atoms with E-state index in [-0.39, 0.29) is 42.6 Å². The van der Waals surface area contributed by atoms with E-state index in [2.05, 4.69) is 10.6 Å². The van der Waals surface area contributed by atoms with Crippen LogP contribution in [0.4, 0.5) is 4.39 Å². The Morgan fingerprint density at radius 1 is 1.16 bits per heavy atom. The fourth-order valence-electron chi connectivity index (χ4n) is 2.81. The molecular weight excluding hydrogens is 410 g/mol. The molecule has 172 valence electrons. The first-order valence-corrected chi connectivity index (χ1v) is 10.1. The highest BCUT2D eigenvalue weighted by atomic mass is 19.1. The Morgan fingerprint density at radius 2 is 1.84 bits per heavy atom. The molecule has 0 aliphatic carbocycles. The van der Waals surface area contributed by atoms with Crippen molar-refractivity contribution < 1.29 is 38.3 Å². The van der Waals surface area contributed by atoms with Crippen LogP contribution in [-0.2, 0) is 19.1 Å². The molecule has 2 atom stereocenters. The molecule has 0 spiro atoms. The number of benzene rings is 1. The Bertz CT molecular complexity index is 748. The molecule has 0 bridgehead atoms.